The molecule has 1 rings (SSSR count). The van der Waals surface area contributed by atoms with Crippen molar-refractivity contribution in [3.63, 3.8) is 0 Å². The van der Waals surface area contributed by atoms with Crippen molar-refractivity contribution in [1.82, 2.24) is 4.90 Å². The number of Topliss-reactive ketones (excluding diaryl/α,β-unsaturated/α-hetero) is 1. The molecule has 1 amide bonds. The van der Waals surface area contributed by atoms with Gasteiger partial charge in [0.25, 0.3) is 0 Å². The molecule has 6 heteroatoms. The van der Waals surface area contributed by atoms with Gasteiger partial charge in [-0.2, -0.15) is 0 Å². The first-order valence-corrected chi connectivity index (χ1v) is 8.02. The summed E-state index contributed by atoms with van der Waals surface area (Å²) in [6, 6.07) is 6.54. The average Bonchev–Trinajstić information content (AvgIpc) is 2.58. The van der Waals surface area contributed by atoms with Gasteiger partial charge in [-0.25, -0.2) is 0 Å². The van der Waals surface area contributed by atoms with Crippen LogP contribution in [0.2, 0.25) is 5.02 Å². The highest BCUT2D eigenvalue weighted by Crippen LogP contribution is 2.13. The summed E-state index contributed by atoms with van der Waals surface area (Å²) in [4.78, 5) is 37.4. The second-order valence-corrected chi connectivity index (χ2v) is 5.88. The van der Waals surface area contributed by atoms with E-state index in [4.69, 9.17) is 11.6 Å². The molecule has 5 nitrogen and oxygen atoms in total. The molecule has 0 fully saturated rings. The van der Waals surface area contributed by atoms with Crippen LogP contribution in [0.25, 0.3) is 0 Å². The molecule has 0 saturated carbocycles. The van der Waals surface area contributed by atoms with E-state index in [0.29, 0.717) is 17.1 Å². The van der Waals surface area contributed by atoms with Crippen molar-refractivity contribution in [2.45, 2.75) is 19.8 Å². The number of rotatable bonds is 9. The van der Waals surface area contributed by atoms with Crippen LogP contribution in [-0.4, -0.2) is 42.8 Å². The van der Waals surface area contributed by atoms with Crippen LogP contribution in [0.15, 0.2) is 36.9 Å². The maximum Gasteiger partial charge on any atom is 0.310 e. The van der Waals surface area contributed by atoms with E-state index in [2.05, 4.69) is 11.3 Å². The molecule has 1 aromatic carbocycles. The van der Waals surface area contributed by atoms with Crippen LogP contribution in [-0.2, 0) is 14.3 Å². The lowest BCUT2D eigenvalue weighted by Gasteiger charge is -2.23. The third-order valence-electron chi connectivity index (χ3n) is 3.53. The Morgan fingerprint density at radius 2 is 1.88 bits per heavy atom. The van der Waals surface area contributed by atoms with Gasteiger partial charge in [-0.05, 0) is 24.3 Å². The maximum atomic E-state index is 12.3. The number of carbonyl (C=O) groups excluding carboxylic acids is 3. The third kappa shape index (κ3) is 6.16. The number of ketones is 1. The van der Waals surface area contributed by atoms with Gasteiger partial charge in [-0.1, -0.05) is 24.6 Å². The van der Waals surface area contributed by atoms with Crippen LogP contribution < -0.4 is 0 Å². The van der Waals surface area contributed by atoms with Gasteiger partial charge in [0.1, 0.15) is 0 Å². The lowest BCUT2D eigenvalue weighted by atomic mass is 10.1. The van der Waals surface area contributed by atoms with Gasteiger partial charge in [-0.15, -0.1) is 6.58 Å². The fourth-order valence-electron chi connectivity index (χ4n) is 2.20. The highest BCUT2D eigenvalue weighted by molar-refractivity contribution is 6.30. The van der Waals surface area contributed by atoms with Crippen molar-refractivity contribution < 1.29 is 19.1 Å². The molecule has 0 radical (unpaired) electrons. The van der Waals surface area contributed by atoms with Crippen molar-refractivity contribution in [1.29, 1.82) is 0 Å². The van der Waals surface area contributed by atoms with Crippen LogP contribution in [0.1, 0.15) is 30.1 Å². The Balaban J connectivity index is 2.61. The lowest BCUT2D eigenvalue weighted by molar-refractivity contribution is -0.146. The number of nitrogens with zero attached hydrogens (tertiary/aromatic N) is 1. The highest BCUT2D eigenvalue weighted by atomic mass is 35.5. The molecule has 0 aliphatic carbocycles. The minimum Gasteiger partial charge on any atom is -0.469 e. The Hall–Kier alpha value is -2.14. The predicted octanol–water partition coefficient (Wildman–Crippen LogP) is 3.13. The Bertz CT molecular complexity index is 598. The molecule has 130 valence electrons. The fraction of sp³-hybridized carbons (Fsp3) is 0.389. The molecule has 1 unspecified atom stereocenters. The minimum atomic E-state index is -0.439. The molecule has 0 heterocycles. The highest BCUT2D eigenvalue weighted by Gasteiger charge is 2.21. The number of carbonyl (C=O) groups is 3. The lowest BCUT2D eigenvalue weighted by Crippen LogP contribution is -2.37. The van der Waals surface area contributed by atoms with Crippen LogP contribution in [0.5, 0.6) is 0 Å². The van der Waals surface area contributed by atoms with Crippen LogP contribution >= 0.6 is 11.6 Å². The second-order valence-electron chi connectivity index (χ2n) is 5.44. The number of halogens is 1. The van der Waals surface area contributed by atoms with Crippen LogP contribution in [0.4, 0.5) is 0 Å². The summed E-state index contributed by atoms with van der Waals surface area (Å²) in [5.74, 6) is -1.15. The van der Waals surface area contributed by atoms with E-state index in [1.54, 1.807) is 37.3 Å². The van der Waals surface area contributed by atoms with Crippen molar-refractivity contribution in [3.8, 4) is 0 Å². The monoisotopic (exact) mass is 351 g/mol. The van der Waals surface area contributed by atoms with Crippen molar-refractivity contribution in [2.75, 3.05) is 20.2 Å². The second kappa shape index (κ2) is 9.88. The predicted molar refractivity (Wildman–Crippen MR) is 93.0 cm³/mol. The van der Waals surface area contributed by atoms with E-state index in [-0.39, 0.29) is 37.0 Å². The molecule has 1 aromatic rings. The number of amides is 1. The Labute approximate surface area is 147 Å². The number of methoxy groups -OCH3 is 1. The van der Waals surface area contributed by atoms with Gasteiger partial charge in [0.15, 0.2) is 5.78 Å². The standard InChI is InChI=1S/C18H22ClNO4/c1-4-11-20(12-13(2)18(23)24-3)17(22)10-9-16(21)14-5-7-15(19)8-6-14/h4-8,13H,1,9-12H2,2-3H3. The molecule has 0 N–H and O–H groups in total. The molecular weight excluding hydrogens is 330 g/mol. The number of hydrogen-bond acceptors (Lipinski definition) is 4. The molecule has 24 heavy (non-hydrogen) atoms. The number of ether oxygens (including phenoxy) is 1. The maximum absolute atomic E-state index is 12.3. The molecule has 0 aliphatic heterocycles. The van der Waals surface area contributed by atoms with E-state index in [0.717, 1.165) is 0 Å². The first kappa shape index (κ1) is 19.9. The zero-order valence-electron chi connectivity index (χ0n) is 14.0. The molecule has 0 saturated heterocycles. The fourth-order valence-corrected chi connectivity index (χ4v) is 2.32. The van der Waals surface area contributed by atoms with E-state index in [1.807, 2.05) is 0 Å². The molecule has 0 spiro atoms. The number of benzene rings is 1. The molecular formula is C18H22ClNO4. The van der Waals surface area contributed by atoms with Crippen molar-refractivity contribution in [2.24, 2.45) is 5.92 Å². The summed E-state index contributed by atoms with van der Waals surface area (Å²) in [6.45, 7) is 5.85. The Morgan fingerprint density at radius 3 is 2.42 bits per heavy atom. The quantitative estimate of drug-likeness (QED) is 0.389. The zero-order valence-corrected chi connectivity index (χ0v) is 14.7. The SMILES string of the molecule is C=CCN(CC(C)C(=O)OC)C(=O)CCC(=O)c1ccc(Cl)cc1. The van der Waals surface area contributed by atoms with E-state index < -0.39 is 5.92 Å². The molecule has 0 aliphatic rings. The van der Waals surface area contributed by atoms with Crippen molar-refractivity contribution >= 4 is 29.3 Å². The minimum absolute atomic E-state index is 0.0726. The Kier molecular flexibility index (Phi) is 8.19. The molecule has 0 aromatic heterocycles. The molecule has 0 bridgehead atoms. The smallest absolute Gasteiger partial charge is 0.310 e. The van der Waals surface area contributed by atoms with Gasteiger partial charge in [-0.3, -0.25) is 14.4 Å². The summed E-state index contributed by atoms with van der Waals surface area (Å²) in [5.41, 5.74) is 0.519. The number of hydrogen-bond donors (Lipinski definition) is 0. The van der Waals surface area contributed by atoms with Crippen LogP contribution in [0, 0.1) is 5.92 Å². The van der Waals surface area contributed by atoms with Gasteiger partial charge in [0, 0.05) is 36.5 Å². The van der Waals surface area contributed by atoms with E-state index in [9.17, 15) is 14.4 Å². The first-order chi connectivity index (χ1) is 11.4. The summed E-state index contributed by atoms with van der Waals surface area (Å²) >= 11 is 5.79. The average molecular weight is 352 g/mol. The van der Waals surface area contributed by atoms with E-state index >= 15 is 0 Å². The largest absolute Gasteiger partial charge is 0.469 e. The third-order valence-corrected chi connectivity index (χ3v) is 3.78. The number of esters is 1. The van der Waals surface area contributed by atoms with Gasteiger partial charge < -0.3 is 9.64 Å². The summed E-state index contributed by atoms with van der Waals surface area (Å²) in [5, 5.41) is 0.552. The zero-order chi connectivity index (χ0) is 18.1. The Morgan fingerprint density at radius 1 is 1.25 bits per heavy atom. The van der Waals surface area contributed by atoms with E-state index in [1.165, 1.54) is 12.0 Å². The van der Waals surface area contributed by atoms with Crippen molar-refractivity contribution in [3.05, 3.63) is 47.5 Å². The van der Waals surface area contributed by atoms with Gasteiger partial charge >= 0.3 is 5.97 Å². The summed E-state index contributed by atoms with van der Waals surface area (Å²) in [6.07, 6.45) is 1.76. The molecule has 1 atom stereocenters. The normalized spacial score (nSPS) is 11.5. The van der Waals surface area contributed by atoms with Crippen LogP contribution in [0.3, 0.4) is 0 Å². The summed E-state index contributed by atoms with van der Waals surface area (Å²) < 4.78 is 4.67. The topological polar surface area (TPSA) is 63.7 Å². The van der Waals surface area contributed by atoms with Gasteiger partial charge in [0.2, 0.25) is 5.91 Å². The van der Waals surface area contributed by atoms with Gasteiger partial charge in [0.05, 0.1) is 13.0 Å². The first-order valence-electron chi connectivity index (χ1n) is 7.64. The summed E-state index contributed by atoms with van der Waals surface area (Å²) in [7, 11) is 1.31.